The van der Waals surface area contributed by atoms with Crippen LogP contribution >= 0.6 is 0 Å². The molecule has 134 valence electrons. The van der Waals surface area contributed by atoms with E-state index in [9.17, 15) is 13.2 Å². The molecule has 0 radical (unpaired) electrons. The zero-order valence-electron chi connectivity index (χ0n) is 14.3. The number of sulfonamides is 1. The molecule has 1 aromatic heterocycles. The van der Waals surface area contributed by atoms with Gasteiger partial charge in [0.15, 0.2) is 0 Å². The van der Waals surface area contributed by atoms with Crippen molar-refractivity contribution < 1.29 is 13.2 Å². The van der Waals surface area contributed by atoms with Crippen molar-refractivity contribution in [3.8, 4) is 22.6 Å². The Morgan fingerprint density at radius 2 is 1.73 bits per heavy atom. The fourth-order valence-corrected chi connectivity index (χ4v) is 3.05. The van der Waals surface area contributed by atoms with E-state index in [1.54, 1.807) is 37.5 Å². The largest absolute Gasteiger partial charge is 0.457 e. The Morgan fingerprint density at radius 1 is 1.00 bits per heavy atom. The molecule has 0 bridgehead atoms. The normalized spacial score (nSPS) is 11.2. The van der Waals surface area contributed by atoms with Gasteiger partial charge in [0.1, 0.15) is 11.5 Å². The molecule has 3 aromatic rings. The maximum atomic E-state index is 11.7. The lowest BCUT2D eigenvalue weighted by molar-refractivity contribution is 0.484. The third kappa shape index (κ3) is 4.31. The highest BCUT2D eigenvalue weighted by atomic mass is 32.2. The number of aromatic nitrogens is 1. The summed E-state index contributed by atoms with van der Waals surface area (Å²) < 4.78 is 32.9. The Morgan fingerprint density at radius 3 is 2.38 bits per heavy atom. The molecule has 0 aliphatic carbocycles. The van der Waals surface area contributed by atoms with Gasteiger partial charge in [0.25, 0.3) is 0 Å². The smallest absolute Gasteiger partial charge is 0.250 e. The number of aryl methyl sites for hydroxylation is 1. The van der Waals surface area contributed by atoms with Crippen LogP contribution in [0.3, 0.4) is 0 Å². The van der Waals surface area contributed by atoms with Crippen molar-refractivity contribution in [2.75, 3.05) is 11.0 Å². The molecule has 0 fully saturated rings. The lowest BCUT2D eigenvalue weighted by Crippen LogP contribution is -2.14. The van der Waals surface area contributed by atoms with E-state index in [4.69, 9.17) is 4.74 Å². The molecule has 2 aromatic carbocycles. The van der Waals surface area contributed by atoms with Gasteiger partial charge in [0.2, 0.25) is 15.6 Å². The second-order valence-electron chi connectivity index (χ2n) is 5.87. The highest BCUT2D eigenvalue weighted by Gasteiger charge is 2.12. The Balaban J connectivity index is 2.10. The number of rotatable bonds is 5. The van der Waals surface area contributed by atoms with Gasteiger partial charge in [-0.15, -0.1) is 0 Å². The van der Waals surface area contributed by atoms with Gasteiger partial charge in [-0.05, 0) is 36.4 Å². The first kappa shape index (κ1) is 17.8. The average molecular weight is 370 g/mol. The van der Waals surface area contributed by atoms with E-state index in [2.05, 4.69) is 4.72 Å². The molecule has 6 nitrogen and oxygen atoms in total. The second-order valence-corrected chi connectivity index (χ2v) is 7.62. The summed E-state index contributed by atoms with van der Waals surface area (Å²) in [6.45, 7) is 0. The third-order valence-corrected chi connectivity index (χ3v) is 4.26. The van der Waals surface area contributed by atoms with E-state index in [0.29, 0.717) is 22.7 Å². The van der Waals surface area contributed by atoms with Gasteiger partial charge in [0, 0.05) is 36.1 Å². The molecule has 0 saturated heterocycles. The highest BCUT2D eigenvalue weighted by Crippen LogP contribution is 2.35. The van der Waals surface area contributed by atoms with E-state index in [1.807, 2.05) is 30.3 Å². The van der Waals surface area contributed by atoms with Crippen molar-refractivity contribution in [3.05, 3.63) is 77.2 Å². The predicted molar refractivity (Wildman–Crippen MR) is 102 cm³/mol. The van der Waals surface area contributed by atoms with Crippen LogP contribution in [0, 0.1) is 0 Å². The molecule has 0 amide bonds. The van der Waals surface area contributed by atoms with Gasteiger partial charge in [-0.2, -0.15) is 0 Å². The van der Waals surface area contributed by atoms with Gasteiger partial charge in [-0.3, -0.25) is 9.52 Å². The predicted octanol–water partition coefficient (Wildman–Crippen LogP) is 3.22. The molecule has 0 saturated carbocycles. The van der Waals surface area contributed by atoms with E-state index in [1.165, 1.54) is 10.6 Å². The maximum Gasteiger partial charge on any atom is 0.250 e. The number of anilines is 1. The first-order valence-corrected chi connectivity index (χ1v) is 9.73. The summed E-state index contributed by atoms with van der Waals surface area (Å²) in [6, 6.07) is 17.4. The summed E-state index contributed by atoms with van der Waals surface area (Å²) in [5.74, 6) is 1.20. The third-order valence-electron chi connectivity index (χ3n) is 3.65. The van der Waals surface area contributed by atoms with Crippen molar-refractivity contribution in [1.29, 1.82) is 0 Å². The van der Waals surface area contributed by atoms with Crippen molar-refractivity contribution >= 4 is 15.7 Å². The summed E-state index contributed by atoms with van der Waals surface area (Å²) in [5.41, 5.74) is 1.68. The van der Waals surface area contributed by atoms with Gasteiger partial charge < -0.3 is 9.30 Å². The van der Waals surface area contributed by atoms with Crippen molar-refractivity contribution in [2.24, 2.45) is 7.05 Å². The average Bonchev–Trinajstić information content (AvgIpc) is 2.58. The molecule has 1 heterocycles. The molecule has 7 heteroatoms. The number of nitrogens with one attached hydrogen (secondary N) is 1. The molecule has 0 atom stereocenters. The van der Waals surface area contributed by atoms with Crippen molar-refractivity contribution in [1.82, 2.24) is 4.57 Å². The van der Waals surface area contributed by atoms with Crippen molar-refractivity contribution in [2.45, 2.75) is 0 Å². The zero-order chi connectivity index (χ0) is 18.7. The number of nitrogens with zero attached hydrogens (tertiary/aromatic N) is 1. The Bertz CT molecular complexity index is 1090. The molecule has 26 heavy (non-hydrogen) atoms. The highest BCUT2D eigenvalue weighted by molar-refractivity contribution is 7.92. The van der Waals surface area contributed by atoms with Crippen LogP contribution in [0.1, 0.15) is 0 Å². The van der Waals surface area contributed by atoms with Gasteiger partial charge in [0.05, 0.1) is 6.26 Å². The number of pyridine rings is 1. The first-order chi connectivity index (χ1) is 12.3. The minimum Gasteiger partial charge on any atom is -0.457 e. The van der Waals surface area contributed by atoms with E-state index < -0.39 is 10.0 Å². The fourth-order valence-electron chi connectivity index (χ4n) is 2.49. The Labute approximate surface area is 151 Å². The molecule has 0 unspecified atom stereocenters. The lowest BCUT2D eigenvalue weighted by atomic mass is 10.1. The monoisotopic (exact) mass is 370 g/mol. The summed E-state index contributed by atoms with van der Waals surface area (Å²) in [4.78, 5) is 11.7. The molecule has 3 rings (SSSR count). The van der Waals surface area contributed by atoms with Crippen LogP contribution in [0.2, 0.25) is 0 Å². The lowest BCUT2D eigenvalue weighted by Gasteiger charge is -2.14. The minimum atomic E-state index is -3.41. The quantitative estimate of drug-likeness (QED) is 0.748. The molecular formula is C19H18N2O4S. The fraction of sp³-hybridized carbons (Fsp3) is 0.105. The van der Waals surface area contributed by atoms with Gasteiger partial charge >= 0.3 is 0 Å². The number of benzene rings is 2. The van der Waals surface area contributed by atoms with Crippen LogP contribution in [-0.2, 0) is 17.1 Å². The molecule has 0 aliphatic heterocycles. The first-order valence-electron chi connectivity index (χ1n) is 7.84. The van der Waals surface area contributed by atoms with Crippen LogP contribution in [0.5, 0.6) is 11.5 Å². The standard InChI is InChI=1S/C19H18N2O4S/c1-21-13-14(8-11-19(21)22)17-12-15(20-26(2,23)24)9-10-18(17)25-16-6-4-3-5-7-16/h3-13,20H,1-2H3. The molecular weight excluding hydrogens is 352 g/mol. The summed E-state index contributed by atoms with van der Waals surface area (Å²) in [5, 5.41) is 0. The van der Waals surface area contributed by atoms with Crippen LogP contribution in [-0.4, -0.2) is 19.2 Å². The van der Waals surface area contributed by atoms with Crippen LogP contribution in [0.15, 0.2) is 71.7 Å². The van der Waals surface area contributed by atoms with Crippen LogP contribution < -0.4 is 15.0 Å². The molecule has 0 spiro atoms. The Kier molecular flexibility index (Phi) is 4.81. The number of hydrogen-bond donors (Lipinski definition) is 1. The second kappa shape index (κ2) is 7.05. The molecule has 0 aliphatic rings. The zero-order valence-corrected chi connectivity index (χ0v) is 15.2. The van der Waals surface area contributed by atoms with Gasteiger partial charge in [-0.1, -0.05) is 18.2 Å². The van der Waals surface area contributed by atoms with Crippen LogP contribution in [0.25, 0.3) is 11.1 Å². The SMILES string of the molecule is Cn1cc(-c2cc(NS(C)(=O)=O)ccc2Oc2ccccc2)ccc1=O. The van der Waals surface area contributed by atoms with E-state index >= 15 is 0 Å². The molecule has 1 N–H and O–H groups in total. The summed E-state index contributed by atoms with van der Waals surface area (Å²) in [6.07, 6.45) is 2.77. The van der Waals surface area contributed by atoms with E-state index in [0.717, 1.165) is 11.8 Å². The van der Waals surface area contributed by atoms with Crippen LogP contribution in [0.4, 0.5) is 5.69 Å². The summed E-state index contributed by atoms with van der Waals surface area (Å²) in [7, 11) is -1.75. The maximum absolute atomic E-state index is 11.7. The Hall–Kier alpha value is -3.06. The number of hydrogen-bond acceptors (Lipinski definition) is 4. The number of para-hydroxylation sites is 1. The van der Waals surface area contributed by atoms with E-state index in [-0.39, 0.29) is 5.56 Å². The summed E-state index contributed by atoms with van der Waals surface area (Å²) >= 11 is 0. The topological polar surface area (TPSA) is 77.4 Å². The minimum absolute atomic E-state index is 0.135. The van der Waals surface area contributed by atoms with Gasteiger partial charge in [-0.25, -0.2) is 8.42 Å². The van der Waals surface area contributed by atoms with Crippen molar-refractivity contribution in [3.63, 3.8) is 0 Å². The number of ether oxygens (including phenoxy) is 1.